The third kappa shape index (κ3) is 37.2. The predicted molar refractivity (Wildman–Crippen MR) is 92.5 cm³/mol. The summed E-state index contributed by atoms with van der Waals surface area (Å²) in [4.78, 5) is 0. The third-order valence-corrected chi connectivity index (χ3v) is 7.31. The zero-order chi connectivity index (χ0) is 17.4. The van der Waals surface area contributed by atoms with Crippen LogP contribution in [0.25, 0.3) is 0 Å². The van der Waals surface area contributed by atoms with Crippen LogP contribution in [0.15, 0.2) is 0 Å². The topological polar surface area (TPSA) is 80.3 Å². The van der Waals surface area contributed by atoms with Crippen molar-refractivity contribution in [2.45, 2.75) is 87.9 Å². The smallest absolute Gasteiger partial charge is 0.0311 e. The van der Waals surface area contributed by atoms with Gasteiger partial charge in [-0.15, -0.1) is 0 Å². The summed E-state index contributed by atoms with van der Waals surface area (Å²) in [5.74, 6) is 1.83. The standard InChI is InChI=1S/2C8H17.H2O4S.Sn/c2*1-4-5-6-7-8(2)3;1-5(2,3)4;/h2*8H,1,4-7H2,2-3H3;(H2,1,2,3,4);/q;;;+2/p-2. The minimum Gasteiger partial charge on any atom is -0.759 e. The van der Waals surface area contributed by atoms with Gasteiger partial charge < -0.3 is 9.11 Å². The zero-order valence-electron chi connectivity index (χ0n) is 14.8. The van der Waals surface area contributed by atoms with Gasteiger partial charge in [-0.1, -0.05) is 0 Å². The van der Waals surface area contributed by atoms with Crippen LogP contribution in [-0.2, 0) is 10.4 Å². The molecule has 0 saturated heterocycles. The summed E-state index contributed by atoms with van der Waals surface area (Å²) >= 11 is 0.0570. The maximum absolute atomic E-state index is 8.52. The van der Waals surface area contributed by atoms with Crippen LogP contribution >= 0.6 is 0 Å². The number of unbranched alkanes of at least 4 members (excludes halogenated alkanes) is 4. The Morgan fingerprint density at radius 2 is 1.05 bits per heavy atom. The Bertz CT molecular complexity index is 292. The summed E-state index contributed by atoms with van der Waals surface area (Å²) in [7, 11) is -5.17. The van der Waals surface area contributed by atoms with E-state index < -0.39 is 10.4 Å². The Balaban J connectivity index is 0. The van der Waals surface area contributed by atoms with Gasteiger partial charge in [-0.25, -0.2) is 0 Å². The van der Waals surface area contributed by atoms with Crippen LogP contribution in [0, 0.1) is 11.8 Å². The van der Waals surface area contributed by atoms with Gasteiger partial charge in [0.2, 0.25) is 0 Å². The second kappa shape index (κ2) is 16.5. The van der Waals surface area contributed by atoms with E-state index in [4.69, 9.17) is 17.5 Å². The molecule has 0 saturated carbocycles. The van der Waals surface area contributed by atoms with Crippen molar-refractivity contribution in [3.8, 4) is 0 Å². The normalized spacial score (nSPS) is 11.3. The Morgan fingerprint density at radius 3 is 1.32 bits per heavy atom. The molecule has 0 aromatic heterocycles. The predicted octanol–water partition coefficient (Wildman–Crippen LogP) is 4.62. The molecule has 0 aliphatic carbocycles. The Hall–Kier alpha value is 0.669. The van der Waals surface area contributed by atoms with Crippen molar-refractivity contribution in [2.75, 3.05) is 0 Å². The van der Waals surface area contributed by atoms with Crippen LogP contribution in [-0.4, -0.2) is 38.7 Å². The molecule has 0 unspecified atom stereocenters. The molecule has 6 heteroatoms. The van der Waals surface area contributed by atoms with Gasteiger partial charge in [0, 0.05) is 10.4 Å². The molecule has 0 radical (unpaired) electrons. The van der Waals surface area contributed by atoms with E-state index in [2.05, 4.69) is 27.7 Å². The molecule has 4 nitrogen and oxygen atoms in total. The molecule has 22 heavy (non-hydrogen) atoms. The fraction of sp³-hybridized carbons (Fsp3) is 1.00. The Labute approximate surface area is 148 Å². The SMILES string of the molecule is CC(C)CCCC[CH2][Sn+2][CH2]CCCCC(C)C.O=S(=O)([O-])[O-]. The van der Waals surface area contributed by atoms with E-state index in [-0.39, 0.29) is 21.1 Å². The average Bonchev–Trinajstić information content (AvgIpc) is 2.33. The van der Waals surface area contributed by atoms with Crippen molar-refractivity contribution in [1.29, 1.82) is 0 Å². The van der Waals surface area contributed by atoms with Crippen molar-refractivity contribution >= 4 is 31.5 Å². The summed E-state index contributed by atoms with van der Waals surface area (Å²) in [5.41, 5.74) is 0. The fourth-order valence-electron chi connectivity index (χ4n) is 2.08. The molecule has 0 spiro atoms. The summed E-state index contributed by atoms with van der Waals surface area (Å²) < 4.78 is 37.4. The van der Waals surface area contributed by atoms with Crippen LogP contribution < -0.4 is 0 Å². The quantitative estimate of drug-likeness (QED) is 0.192. The van der Waals surface area contributed by atoms with Crippen LogP contribution in [0.5, 0.6) is 0 Å². The summed E-state index contributed by atoms with van der Waals surface area (Å²) in [6.45, 7) is 9.36. The molecular weight excluding hydrogens is 407 g/mol. The molecule has 0 bridgehead atoms. The van der Waals surface area contributed by atoms with Crippen LogP contribution in [0.1, 0.15) is 79.1 Å². The average molecular weight is 441 g/mol. The summed E-state index contributed by atoms with van der Waals surface area (Å²) in [6, 6.07) is 0. The van der Waals surface area contributed by atoms with Gasteiger partial charge in [0.1, 0.15) is 0 Å². The molecule has 0 heterocycles. The third-order valence-electron chi connectivity index (χ3n) is 3.27. The van der Waals surface area contributed by atoms with Gasteiger partial charge in [-0.3, -0.25) is 8.42 Å². The van der Waals surface area contributed by atoms with Crippen molar-refractivity contribution in [2.24, 2.45) is 11.8 Å². The molecule has 0 atom stereocenters. The molecule has 0 amide bonds. The molecule has 0 aromatic carbocycles. The first kappa shape index (κ1) is 24.9. The van der Waals surface area contributed by atoms with E-state index in [9.17, 15) is 0 Å². The van der Waals surface area contributed by atoms with Gasteiger partial charge >= 0.3 is 121 Å². The summed E-state index contributed by atoms with van der Waals surface area (Å²) in [6.07, 6.45) is 12.0. The maximum Gasteiger partial charge on any atom is 0.0311 e. The first-order valence-electron chi connectivity index (χ1n) is 8.50. The van der Waals surface area contributed by atoms with E-state index in [1.54, 1.807) is 21.7 Å². The van der Waals surface area contributed by atoms with Gasteiger partial charge in [0.25, 0.3) is 0 Å². The minimum atomic E-state index is -5.17. The van der Waals surface area contributed by atoms with Gasteiger partial charge in [0.15, 0.2) is 0 Å². The molecule has 132 valence electrons. The Morgan fingerprint density at radius 1 is 0.727 bits per heavy atom. The van der Waals surface area contributed by atoms with E-state index in [0.29, 0.717) is 0 Å². The minimum absolute atomic E-state index is 0.0570. The van der Waals surface area contributed by atoms with E-state index in [1.807, 2.05) is 0 Å². The molecular formula is C16H34O4SSn. The van der Waals surface area contributed by atoms with Crippen molar-refractivity contribution < 1.29 is 17.5 Å². The monoisotopic (exact) mass is 442 g/mol. The van der Waals surface area contributed by atoms with Gasteiger partial charge in [-0.05, 0) is 0 Å². The maximum atomic E-state index is 8.52. The van der Waals surface area contributed by atoms with Crippen LogP contribution in [0.2, 0.25) is 8.87 Å². The van der Waals surface area contributed by atoms with E-state index in [0.717, 1.165) is 11.8 Å². The molecule has 0 rings (SSSR count). The largest absolute Gasteiger partial charge is 0.759 e. The number of hydrogen-bond acceptors (Lipinski definition) is 4. The zero-order valence-corrected chi connectivity index (χ0v) is 18.4. The second-order valence-electron chi connectivity index (χ2n) is 6.64. The van der Waals surface area contributed by atoms with Gasteiger partial charge in [-0.2, -0.15) is 0 Å². The molecule has 0 aliphatic rings. The van der Waals surface area contributed by atoms with Crippen LogP contribution in [0.3, 0.4) is 0 Å². The second-order valence-corrected chi connectivity index (χ2v) is 11.7. The molecule has 0 aliphatic heterocycles. The number of rotatable bonds is 12. The fourth-order valence-corrected chi connectivity index (χ4v) is 5.65. The van der Waals surface area contributed by atoms with Gasteiger partial charge in [0.05, 0.1) is 0 Å². The van der Waals surface area contributed by atoms with E-state index in [1.165, 1.54) is 38.5 Å². The first-order chi connectivity index (χ1) is 10.1. The molecule has 0 fully saturated rings. The van der Waals surface area contributed by atoms with Crippen molar-refractivity contribution in [3.05, 3.63) is 0 Å². The summed E-state index contributed by atoms with van der Waals surface area (Å²) in [5, 5.41) is 0. The van der Waals surface area contributed by atoms with E-state index >= 15 is 0 Å². The van der Waals surface area contributed by atoms with Crippen molar-refractivity contribution in [3.63, 3.8) is 0 Å². The van der Waals surface area contributed by atoms with Crippen LogP contribution in [0.4, 0.5) is 0 Å². The Kier molecular flexibility index (Phi) is 18.7. The molecule has 0 aromatic rings. The number of hydrogen-bond donors (Lipinski definition) is 0. The first-order valence-corrected chi connectivity index (χ1v) is 13.9. The van der Waals surface area contributed by atoms with Crippen molar-refractivity contribution in [1.82, 2.24) is 0 Å². The molecule has 0 N–H and O–H groups in total.